The van der Waals surface area contributed by atoms with Crippen molar-refractivity contribution in [2.24, 2.45) is 0 Å². The molecule has 6 nitrogen and oxygen atoms in total. The maximum atomic E-state index is 12.3. The summed E-state index contributed by atoms with van der Waals surface area (Å²) in [7, 11) is 1.69. The van der Waals surface area contributed by atoms with Crippen molar-refractivity contribution in [2.45, 2.75) is 19.4 Å². The standard InChI is InChI=1S/C26H30N4O2/c1-32-24-11-8-22(9-12-24)20-29-14-5-15-30(17-16-29)25-13-10-23(19-27-25)28-26(31)18-21-6-3-2-4-7-21/h2-4,6-13,19H,5,14-18,20H2,1H3,(H,28,31). The van der Waals surface area contributed by atoms with Crippen LogP contribution in [0.1, 0.15) is 17.5 Å². The van der Waals surface area contributed by atoms with Crippen LogP contribution in [0.5, 0.6) is 5.75 Å². The number of pyridine rings is 1. The van der Waals surface area contributed by atoms with Crippen LogP contribution in [0.15, 0.2) is 72.9 Å². The molecule has 0 aliphatic carbocycles. The number of nitrogens with one attached hydrogen (secondary N) is 1. The monoisotopic (exact) mass is 430 g/mol. The van der Waals surface area contributed by atoms with Crippen molar-refractivity contribution in [1.29, 1.82) is 0 Å². The van der Waals surface area contributed by atoms with Gasteiger partial charge in [-0.05, 0) is 41.8 Å². The Morgan fingerprint density at radius 3 is 2.47 bits per heavy atom. The Morgan fingerprint density at radius 2 is 1.75 bits per heavy atom. The van der Waals surface area contributed by atoms with Gasteiger partial charge in [0.25, 0.3) is 0 Å². The quantitative estimate of drug-likeness (QED) is 0.614. The van der Waals surface area contributed by atoms with Crippen LogP contribution >= 0.6 is 0 Å². The maximum Gasteiger partial charge on any atom is 0.228 e. The number of hydrogen-bond acceptors (Lipinski definition) is 5. The third-order valence-corrected chi connectivity index (χ3v) is 5.72. The number of hydrogen-bond donors (Lipinski definition) is 1. The van der Waals surface area contributed by atoms with Crippen molar-refractivity contribution >= 4 is 17.4 Å². The predicted octanol–water partition coefficient (Wildman–Crippen LogP) is 3.98. The summed E-state index contributed by atoms with van der Waals surface area (Å²) < 4.78 is 5.25. The van der Waals surface area contributed by atoms with Gasteiger partial charge in [-0.15, -0.1) is 0 Å². The molecule has 0 atom stereocenters. The average Bonchev–Trinajstić information content (AvgIpc) is 3.06. The molecular weight excluding hydrogens is 400 g/mol. The highest BCUT2D eigenvalue weighted by Gasteiger charge is 2.16. The number of carbonyl (C=O) groups excluding carboxylic acids is 1. The molecule has 0 spiro atoms. The van der Waals surface area contributed by atoms with E-state index in [0.717, 1.165) is 62.0 Å². The molecule has 1 aromatic heterocycles. The van der Waals surface area contributed by atoms with Crippen LogP contribution in [-0.2, 0) is 17.8 Å². The van der Waals surface area contributed by atoms with Gasteiger partial charge in [0.1, 0.15) is 11.6 Å². The van der Waals surface area contributed by atoms with Gasteiger partial charge in [-0.25, -0.2) is 4.98 Å². The first-order valence-corrected chi connectivity index (χ1v) is 11.1. The zero-order valence-corrected chi connectivity index (χ0v) is 18.5. The van der Waals surface area contributed by atoms with E-state index in [9.17, 15) is 4.79 Å². The molecule has 0 bridgehead atoms. The number of methoxy groups -OCH3 is 1. The topological polar surface area (TPSA) is 57.7 Å². The number of ether oxygens (including phenoxy) is 1. The molecule has 0 radical (unpaired) electrons. The molecule has 4 rings (SSSR count). The Bertz CT molecular complexity index is 991. The number of aromatic nitrogens is 1. The summed E-state index contributed by atoms with van der Waals surface area (Å²) in [6.45, 7) is 4.91. The zero-order valence-electron chi connectivity index (χ0n) is 18.5. The van der Waals surface area contributed by atoms with E-state index in [2.05, 4.69) is 32.2 Å². The third kappa shape index (κ3) is 6.08. The summed E-state index contributed by atoms with van der Waals surface area (Å²) in [6, 6.07) is 22.0. The number of anilines is 2. The minimum absolute atomic E-state index is 0.0327. The Kier molecular flexibility index (Phi) is 7.35. The normalized spacial score (nSPS) is 14.6. The van der Waals surface area contributed by atoms with Gasteiger partial charge in [0.15, 0.2) is 0 Å². The lowest BCUT2D eigenvalue weighted by atomic mass is 10.1. The molecule has 2 heterocycles. The van der Waals surface area contributed by atoms with E-state index in [-0.39, 0.29) is 5.91 Å². The zero-order chi connectivity index (χ0) is 22.2. The lowest BCUT2D eigenvalue weighted by molar-refractivity contribution is -0.115. The molecule has 1 amide bonds. The van der Waals surface area contributed by atoms with E-state index >= 15 is 0 Å². The highest BCUT2D eigenvalue weighted by Crippen LogP contribution is 2.18. The van der Waals surface area contributed by atoms with Crippen molar-refractivity contribution in [1.82, 2.24) is 9.88 Å². The van der Waals surface area contributed by atoms with Crippen molar-refractivity contribution in [3.8, 4) is 5.75 Å². The van der Waals surface area contributed by atoms with Crippen molar-refractivity contribution < 1.29 is 9.53 Å². The molecular formula is C26H30N4O2. The fraction of sp³-hybridized carbons (Fsp3) is 0.308. The molecule has 166 valence electrons. The summed E-state index contributed by atoms with van der Waals surface area (Å²) in [6.07, 6.45) is 3.20. The molecule has 3 aromatic rings. The molecule has 1 saturated heterocycles. The van der Waals surface area contributed by atoms with Crippen molar-refractivity contribution in [3.63, 3.8) is 0 Å². The Hall–Kier alpha value is -3.38. The highest BCUT2D eigenvalue weighted by atomic mass is 16.5. The van der Waals surface area contributed by atoms with E-state index in [4.69, 9.17) is 4.74 Å². The van der Waals surface area contributed by atoms with Crippen LogP contribution in [0.25, 0.3) is 0 Å². The molecule has 0 saturated carbocycles. The lowest BCUT2D eigenvalue weighted by Gasteiger charge is -2.23. The van der Waals surface area contributed by atoms with Gasteiger partial charge in [-0.1, -0.05) is 42.5 Å². The fourth-order valence-corrected chi connectivity index (χ4v) is 3.98. The van der Waals surface area contributed by atoms with E-state index in [1.807, 2.05) is 54.6 Å². The lowest BCUT2D eigenvalue weighted by Crippen LogP contribution is -2.31. The molecule has 1 fully saturated rings. The minimum atomic E-state index is -0.0327. The smallest absolute Gasteiger partial charge is 0.228 e. The van der Waals surface area contributed by atoms with Crippen LogP contribution < -0.4 is 15.0 Å². The van der Waals surface area contributed by atoms with Gasteiger partial charge < -0.3 is 15.0 Å². The second-order valence-electron chi connectivity index (χ2n) is 8.08. The van der Waals surface area contributed by atoms with E-state index < -0.39 is 0 Å². The van der Waals surface area contributed by atoms with E-state index in [1.165, 1.54) is 5.56 Å². The van der Waals surface area contributed by atoms with Gasteiger partial charge in [0.2, 0.25) is 5.91 Å². The fourth-order valence-electron chi connectivity index (χ4n) is 3.98. The van der Waals surface area contributed by atoms with Gasteiger partial charge >= 0.3 is 0 Å². The average molecular weight is 431 g/mol. The van der Waals surface area contributed by atoms with Gasteiger partial charge in [-0.3, -0.25) is 9.69 Å². The largest absolute Gasteiger partial charge is 0.497 e. The number of amides is 1. The van der Waals surface area contributed by atoms with Crippen LogP contribution in [-0.4, -0.2) is 49.1 Å². The first kappa shape index (κ1) is 21.8. The van der Waals surface area contributed by atoms with Crippen LogP contribution in [0.2, 0.25) is 0 Å². The Labute approximate surface area is 189 Å². The first-order valence-electron chi connectivity index (χ1n) is 11.1. The van der Waals surface area contributed by atoms with Gasteiger partial charge in [0, 0.05) is 32.7 Å². The van der Waals surface area contributed by atoms with Crippen LogP contribution in [0.3, 0.4) is 0 Å². The van der Waals surface area contributed by atoms with Gasteiger partial charge in [0.05, 0.1) is 25.4 Å². The summed E-state index contributed by atoms with van der Waals surface area (Å²) in [5.74, 6) is 1.81. The molecule has 32 heavy (non-hydrogen) atoms. The van der Waals surface area contributed by atoms with Crippen molar-refractivity contribution in [2.75, 3.05) is 43.5 Å². The molecule has 6 heteroatoms. The SMILES string of the molecule is COc1ccc(CN2CCCN(c3ccc(NC(=O)Cc4ccccc4)cn3)CC2)cc1. The van der Waals surface area contributed by atoms with Crippen molar-refractivity contribution in [3.05, 3.63) is 84.1 Å². The molecule has 1 aliphatic rings. The Morgan fingerprint density at radius 1 is 0.938 bits per heavy atom. The number of rotatable bonds is 7. The summed E-state index contributed by atoms with van der Waals surface area (Å²) in [5.41, 5.74) is 3.02. The summed E-state index contributed by atoms with van der Waals surface area (Å²) >= 11 is 0. The van der Waals surface area contributed by atoms with E-state index in [1.54, 1.807) is 13.3 Å². The molecule has 1 N–H and O–H groups in total. The van der Waals surface area contributed by atoms with Crippen LogP contribution in [0.4, 0.5) is 11.5 Å². The van der Waals surface area contributed by atoms with Gasteiger partial charge in [-0.2, -0.15) is 0 Å². The predicted molar refractivity (Wildman–Crippen MR) is 128 cm³/mol. The minimum Gasteiger partial charge on any atom is -0.497 e. The van der Waals surface area contributed by atoms with E-state index in [0.29, 0.717) is 6.42 Å². The number of benzene rings is 2. The molecule has 1 aliphatic heterocycles. The maximum absolute atomic E-state index is 12.3. The summed E-state index contributed by atoms with van der Waals surface area (Å²) in [4.78, 5) is 21.7. The van der Waals surface area contributed by atoms with Crippen LogP contribution in [0, 0.1) is 0 Å². The summed E-state index contributed by atoms with van der Waals surface area (Å²) in [5, 5.41) is 2.94. The second-order valence-corrected chi connectivity index (χ2v) is 8.08. The first-order chi connectivity index (χ1) is 15.7. The molecule has 2 aromatic carbocycles. The highest BCUT2D eigenvalue weighted by molar-refractivity contribution is 5.92. The second kappa shape index (κ2) is 10.8. The number of carbonyl (C=O) groups is 1. The third-order valence-electron chi connectivity index (χ3n) is 5.72. The molecule has 0 unspecified atom stereocenters. The number of nitrogens with zero attached hydrogens (tertiary/aromatic N) is 3. The Balaban J connectivity index is 1.28.